The molecule has 0 aliphatic carbocycles. The number of hydrogen-bond acceptors (Lipinski definition) is 16. The zero-order valence-electron chi connectivity index (χ0n) is 23.0. The Morgan fingerprint density at radius 1 is 1.09 bits per heavy atom. The highest BCUT2D eigenvalue weighted by Gasteiger charge is 2.53. The summed E-state index contributed by atoms with van der Waals surface area (Å²) in [6.45, 7) is -1.01. The van der Waals surface area contributed by atoms with E-state index in [-0.39, 0.29) is 34.1 Å². The van der Waals surface area contributed by atoms with E-state index < -0.39 is 84.0 Å². The minimum atomic E-state index is -4.98. The maximum Gasteiger partial charge on any atom is 0.472 e. The van der Waals surface area contributed by atoms with Gasteiger partial charge in [-0.15, -0.1) is 0 Å². The molecule has 2 bridgehead atoms. The third-order valence-corrected chi connectivity index (χ3v) is 9.30. The first-order valence-corrected chi connectivity index (χ1v) is 15.9. The van der Waals surface area contributed by atoms with Gasteiger partial charge in [-0.05, 0) is 0 Å². The summed E-state index contributed by atoms with van der Waals surface area (Å²) in [7, 11) is 0.369. The van der Waals surface area contributed by atoms with Gasteiger partial charge in [-0.25, -0.2) is 28.9 Å². The largest absolute Gasteiger partial charge is 0.472 e. The van der Waals surface area contributed by atoms with Crippen LogP contribution in [0.4, 0.5) is 16.2 Å². The molecule has 10 unspecified atom stereocenters. The molecule has 10 atom stereocenters. The summed E-state index contributed by atoms with van der Waals surface area (Å²) in [4.78, 5) is 45.7. The third-order valence-electron chi connectivity index (χ3n) is 7.46. The van der Waals surface area contributed by atoms with Crippen molar-refractivity contribution in [3.05, 3.63) is 29.3 Å². The van der Waals surface area contributed by atoms with Crippen molar-refractivity contribution < 1.29 is 46.2 Å². The Labute approximate surface area is 253 Å². The first kappa shape index (κ1) is 30.5. The lowest BCUT2D eigenvalue weighted by Crippen LogP contribution is -2.37. The van der Waals surface area contributed by atoms with Crippen molar-refractivity contribution >= 4 is 57.7 Å². The van der Waals surface area contributed by atoms with Crippen LogP contribution in [0, 0.1) is 0 Å². The standard InChI is InChI=1S/C21H24BFN10O10P2/c1-37-13-8-3-39-45(35,36)43-12-7(40-19(9(12)23)32-5-28-10-15(24)26-4-27-16(10)32)2-38-44(22)42-14(13)20(41-8)33-6-29-11-17(33)30-21(25)31-18(11)34/h4-9,12-14,19-20H,2-3H2,1H3,(H,35,36)(H2,24,26,27)(H3,25,30,31,34). The number of nitrogens with one attached hydrogen (secondary N) is 1. The second-order valence-corrected chi connectivity index (χ2v) is 12.6. The Bertz CT molecular complexity index is 1850. The van der Waals surface area contributed by atoms with E-state index in [1.807, 2.05) is 0 Å². The van der Waals surface area contributed by atoms with Gasteiger partial charge in [-0.2, -0.15) is 4.98 Å². The van der Waals surface area contributed by atoms with Crippen LogP contribution in [0.2, 0.25) is 0 Å². The van der Waals surface area contributed by atoms with E-state index in [1.165, 1.54) is 35.2 Å². The number of phosphoric acid groups is 1. The summed E-state index contributed by atoms with van der Waals surface area (Å²) in [6, 6.07) is 0. The number of nitrogen functional groups attached to an aromatic ring is 2. The fourth-order valence-electron chi connectivity index (χ4n) is 5.48. The van der Waals surface area contributed by atoms with Gasteiger partial charge in [0.2, 0.25) is 5.95 Å². The van der Waals surface area contributed by atoms with Crippen molar-refractivity contribution in [1.29, 1.82) is 0 Å². The molecule has 6 N–H and O–H groups in total. The Balaban J connectivity index is 1.19. The molecule has 3 aliphatic heterocycles. The molecule has 45 heavy (non-hydrogen) atoms. The predicted molar refractivity (Wildman–Crippen MR) is 150 cm³/mol. The Hall–Kier alpha value is -3.17. The number of methoxy groups -OCH3 is 1. The van der Waals surface area contributed by atoms with E-state index in [1.54, 1.807) is 0 Å². The molecule has 20 nitrogen and oxygen atoms in total. The van der Waals surface area contributed by atoms with Gasteiger partial charge in [0.05, 0.1) is 25.9 Å². The van der Waals surface area contributed by atoms with Crippen LogP contribution in [-0.4, -0.2) is 109 Å². The second-order valence-electron chi connectivity index (χ2n) is 10.1. The van der Waals surface area contributed by atoms with Gasteiger partial charge in [0, 0.05) is 7.11 Å². The van der Waals surface area contributed by atoms with E-state index in [9.17, 15) is 14.3 Å². The molecule has 2 radical (unpaired) electrons. The second kappa shape index (κ2) is 11.6. The topological polar surface area (TPSA) is 261 Å². The van der Waals surface area contributed by atoms with E-state index in [4.69, 9.17) is 51.3 Å². The number of anilines is 2. The third kappa shape index (κ3) is 5.40. The van der Waals surface area contributed by atoms with Crippen LogP contribution in [-0.2, 0) is 36.9 Å². The summed E-state index contributed by atoms with van der Waals surface area (Å²) in [6.07, 6.45) is -6.86. The molecule has 3 fully saturated rings. The van der Waals surface area contributed by atoms with Crippen molar-refractivity contribution in [2.45, 2.75) is 49.1 Å². The fraction of sp³-hybridized carbons (Fsp3) is 0.524. The van der Waals surface area contributed by atoms with Crippen molar-refractivity contribution in [2.75, 3.05) is 31.8 Å². The van der Waals surface area contributed by atoms with Gasteiger partial charge in [-0.1, -0.05) is 0 Å². The van der Waals surface area contributed by atoms with Crippen LogP contribution in [0.3, 0.4) is 0 Å². The predicted octanol–water partition coefficient (Wildman–Crippen LogP) is -0.415. The van der Waals surface area contributed by atoms with Crippen molar-refractivity contribution in [2.24, 2.45) is 0 Å². The Kier molecular flexibility index (Phi) is 7.84. The normalized spacial score (nSPS) is 36.0. The van der Waals surface area contributed by atoms with Crippen LogP contribution < -0.4 is 17.0 Å². The summed E-state index contributed by atoms with van der Waals surface area (Å²) in [5.74, 6) is -0.110. The first-order valence-electron chi connectivity index (χ1n) is 13.2. The number of aromatic amines is 1. The van der Waals surface area contributed by atoms with Crippen molar-refractivity contribution in [1.82, 2.24) is 39.0 Å². The zero-order valence-corrected chi connectivity index (χ0v) is 24.8. The number of phosphoric ester groups is 1. The molecular weight excluding hydrogens is 644 g/mol. The molecule has 7 heterocycles. The van der Waals surface area contributed by atoms with Crippen LogP contribution in [0.5, 0.6) is 0 Å². The lowest BCUT2D eigenvalue weighted by molar-refractivity contribution is -0.0617. The molecule has 24 heteroatoms. The molecular formula is C21H24BFN10O10P2. The molecule has 0 spiro atoms. The minimum absolute atomic E-state index is 0.0336. The number of alkyl halides is 1. The van der Waals surface area contributed by atoms with Crippen molar-refractivity contribution in [3.8, 4) is 0 Å². The maximum absolute atomic E-state index is 16.0. The van der Waals surface area contributed by atoms with Gasteiger partial charge in [-0.3, -0.25) is 28.0 Å². The average Bonchev–Trinajstić information content (AvgIpc) is 3.75. The van der Waals surface area contributed by atoms with Crippen molar-refractivity contribution in [3.63, 3.8) is 0 Å². The number of nitrogens with zero attached hydrogens (tertiary/aromatic N) is 7. The minimum Gasteiger partial charge on any atom is -0.382 e. The van der Waals surface area contributed by atoms with Gasteiger partial charge in [0.1, 0.15) is 50.6 Å². The molecule has 4 aromatic rings. The van der Waals surface area contributed by atoms with Gasteiger partial charge in [0.25, 0.3) is 5.56 Å². The molecule has 7 rings (SSSR count). The number of hydrogen-bond donors (Lipinski definition) is 4. The summed E-state index contributed by atoms with van der Waals surface area (Å²) < 4.78 is 71.7. The molecule has 0 amide bonds. The van der Waals surface area contributed by atoms with E-state index >= 15 is 4.39 Å². The molecule has 238 valence electrons. The lowest BCUT2D eigenvalue weighted by atomic mass is 10.1. The van der Waals surface area contributed by atoms with Gasteiger partial charge >= 0.3 is 7.82 Å². The smallest absolute Gasteiger partial charge is 0.382 e. The lowest BCUT2D eigenvalue weighted by Gasteiger charge is -2.27. The monoisotopic (exact) mass is 668 g/mol. The number of ether oxygens (including phenoxy) is 3. The highest BCUT2D eigenvalue weighted by Crippen LogP contribution is 2.52. The quantitative estimate of drug-likeness (QED) is 0.160. The number of nitrogens with two attached hydrogens (primary N) is 2. The molecule has 0 saturated carbocycles. The number of imidazole rings is 2. The van der Waals surface area contributed by atoms with Crippen LogP contribution >= 0.6 is 16.1 Å². The maximum atomic E-state index is 16.0. The highest BCUT2D eigenvalue weighted by molar-refractivity contribution is 7.74. The van der Waals surface area contributed by atoms with Crippen LogP contribution in [0.25, 0.3) is 22.3 Å². The zero-order chi connectivity index (χ0) is 31.6. The molecule has 0 aromatic carbocycles. The van der Waals surface area contributed by atoms with Crippen LogP contribution in [0.15, 0.2) is 23.8 Å². The van der Waals surface area contributed by atoms with Crippen LogP contribution in [0.1, 0.15) is 12.5 Å². The summed E-state index contributed by atoms with van der Waals surface area (Å²) in [5.41, 5.74) is 11.4. The Morgan fingerprint density at radius 3 is 2.60 bits per heavy atom. The number of aromatic nitrogens is 8. The first-order chi connectivity index (χ1) is 21.5. The van der Waals surface area contributed by atoms with E-state index in [0.717, 1.165) is 0 Å². The highest BCUT2D eigenvalue weighted by atomic mass is 31.2. The molecule has 4 aromatic heterocycles. The Morgan fingerprint density at radius 2 is 1.82 bits per heavy atom. The molecule has 3 aliphatic rings. The van der Waals surface area contributed by atoms with E-state index in [0.29, 0.717) is 0 Å². The van der Waals surface area contributed by atoms with Gasteiger partial charge in [0.15, 0.2) is 48.8 Å². The van der Waals surface area contributed by atoms with Gasteiger partial charge < -0.3 is 39.6 Å². The fourth-order valence-corrected chi connectivity index (χ4v) is 7.25. The van der Waals surface area contributed by atoms with E-state index in [2.05, 4.69) is 29.9 Å². The summed E-state index contributed by atoms with van der Waals surface area (Å²) >= 11 is 0. The SMILES string of the molecule is [B]P1OCC2OC(n3cnc4c(N)ncnc43)C(F)C2OP(=O)(O)OCC2OC(n3cnc4c(=O)[nH]c(N)nc43)C(O1)C2OC. The number of rotatable bonds is 3. The number of fused-ring (bicyclic) bond motifs is 5. The number of halogens is 1. The average molecular weight is 668 g/mol. The summed E-state index contributed by atoms with van der Waals surface area (Å²) in [5, 5.41) is 0. The number of H-pyrrole nitrogens is 1. The molecule has 3 saturated heterocycles.